The highest BCUT2D eigenvalue weighted by molar-refractivity contribution is 6.30. The van der Waals surface area contributed by atoms with E-state index in [0.717, 1.165) is 5.82 Å². The molecule has 0 spiro atoms. The SMILES string of the molecule is O=C(O)[C@H]1COCCN1C(=O)C1CCN(c2ccc(Cl)cn2)CC1. The Bertz CT molecular complexity index is 602. The van der Waals surface area contributed by atoms with E-state index in [1.165, 1.54) is 4.90 Å². The smallest absolute Gasteiger partial charge is 0.328 e. The predicted molar refractivity (Wildman–Crippen MR) is 88.1 cm³/mol. The summed E-state index contributed by atoms with van der Waals surface area (Å²) >= 11 is 5.85. The van der Waals surface area contributed by atoms with Crippen molar-refractivity contribution < 1.29 is 19.4 Å². The number of hydrogen-bond acceptors (Lipinski definition) is 5. The lowest BCUT2D eigenvalue weighted by Crippen LogP contribution is -2.55. The molecular formula is C16H20ClN3O4. The molecule has 0 aromatic carbocycles. The van der Waals surface area contributed by atoms with Crippen LogP contribution in [0.1, 0.15) is 12.8 Å². The Morgan fingerprint density at radius 1 is 1.25 bits per heavy atom. The average Bonchev–Trinajstić information content (AvgIpc) is 2.62. The Balaban J connectivity index is 1.60. The van der Waals surface area contributed by atoms with E-state index in [4.69, 9.17) is 16.3 Å². The quantitative estimate of drug-likeness (QED) is 0.881. The number of carboxylic acid groups (broad SMARTS) is 1. The largest absolute Gasteiger partial charge is 0.480 e. The van der Waals surface area contributed by atoms with Crippen LogP contribution in [0.25, 0.3) is 0 Å². The standard InChI is InChI=1S/C16H20ClN3O4/c17-12-1-2-14(18-9-12)19-5-3-11(4-6-19)15(21)20-7-8-24-10-13(20)16(22)23/h1-2,9,11,13H,3-8,10H2,(H,22,23)/t13-/m1/s1. The fraction of sp³-hybridized carbons (Fsp3) is 0.562. The van der Waals surface area contributed by atoms with Crippen LogP contribution < -0.4 is 4.90 Å². The lowest BCUT2D eigenvalue weighted by Gasteiger charge is -2.38. The first-order chi connectivity index (χ1) is 11.6. The molecular weight excluding hydrogens is 334 g/mol. The monoisotopic (exact) mass is 353 g/mol. The van der Waals surface area contributed by atoms with Gasteiger partial charge in [0.2, 0.25) is 5.91 Å². The van der Waals surface area contributed by atoms with Gasteiger partial charge in [-0.05, 0) is 25.0 Å². The Hall–Kier alpha value is -1.86. The van der Waals surface area contributed by atoms with Gasteiger partial charge < -0.3 is 19.6 Å². The number of rotatable bonds is 3. The minimum Gasteiger partial charge on any atom is -0.480 e. The molecule has 3 rings (SSSR count). The van der Waals surface area contributed by atoms with Crippen molar-refractivity contribution in [1.82, 2.24) is 9.88 Å². The van der Waals surface area contributed by atoms with Gasteiger partial charge in [0.1, 0.15) is 5.82 Å². The molecule has 1 N–H and O–H groups in total. The van der Waals surface area contributed by atoms with Crippen LogP contribution in [0.4, 0.5) is 5.82 Å². The van der Waals surface area contributed by atoms with E-state index in [2.05, 4.69) is 9.88 Å². The summed E-state index contributed by atoms with van der Waals surface area (Å²) in [6, 6.07) is 2.79. The maximum absolute atomic E-state index is 12.7. The molecule has 8 heteroatoms. The van der Waals surface area contributed by atoms with Gasteiger partial charge in [-0.25, -0.2) is 9.78 Å². The molecule has 0 radical (unpaired) electrons. The van der Waals surface area contributed by atoms with Gasteiger partial charge in [0.25, 0.3) is 0 Å². The van der Waals surface area contributed by atoms with Crippen LogP contribution in [0, 0.1) is 5.92 Å². The molecule has 2 aliphatic heterocycles. The van der Waals surface area contributed by atoms with Crippen LogP contribution in [0.3, 0.4) is 0 Å². The number of pyridine rings is 1. The zero-order valence-electron chi connectivity index (χ0n) is 13.2. The van der Waals surface area contributed by atoms with Crippen molar-refractivity contribution in [3.63, 3.8) is 0 Å². The minimum atomic E-state index is -1.01. The van der Waals surface area contributed by atoms with Crippen molar-refractivity contribution in [1.29, 1.82) is 0 Å². The van der Waals surface area contributed by atoms with Crippen molar-refractivity contribution in [2.24, 2.45) is 5.92 Å². The van der Waals surface area contributed by atoms with Gasteiger partial charge in [0.15, 0.2) is 6.04 Å². The molecule has 2 aliphatic rings. The van der Waals surface area contributed by atoms with Gasteiger partial charge >= 0.3 is 5.97 Å². The first kappa shape index (κ1) is 17.0. The number of aliphatic carboxylic acids is 1. The number of carbonyl (C=O) groups excluding carboxylic acids is 1. The molecule has 3 heterocycles. The number of aromatic nitrogens is 1. The third-order valence-corrected chi connectivity index (χ3v) is 4.80. The molecule has 0 saturated carbocycles. The highest BCUT2D eigenvalue weighted by Gasteiger charge is 2.37. The molecule has 1 aromatic heterocycles. The number of hydrogen-bond donors (Lipinski definition) is 1. The summed E-state index contributed by atoms with van der Waals surface area (Å²) in [6.07, 6.45) is 2.99. The van der Waals surface area contributed by atoms with Crippen molar-refractivity contribution in [2.75, 3.05) is 37.7 Å². The summed E-state index contributed by atoms with van der Waals surface area (Å²) < 4.78 is 5.19. The number of carbonyl (C=O) groups is 2. The third kappa shape index (κ3) is 3.62. The summed E-state index contributed by atoms with van der Waals surface area (Å²) in [5.74, 6) is -0.381. The van der Waals surface area contributed by atoms with Crippen molar-refractivity contribution in [3.8, 4) is 0 Å². The summed E-state index contributed by atoms with van der Waals surface area (Å²) in [5.41, 5.74) is 0. The van der Waals surface area contributed by atoms with Gasteiger partial charge in [-0.3, -0.25) is 4.79 Å². The van der Waals surface area contributed by atoms with E-state index in [-0.39, 0.29) is 18.4 Å². The van der Waals surface area contributed by atoms with Crippen LogP contribution >= 0.6 is 11.6 Å². The Labute approximate surface area is 145 Å². The van der Waals surface area contributed by atoms with Crippen LogP contribution in [0.5, 0.6) is 0 Å². The number of amides is 1. The van der Waals surface area contributed by atoms with Crippen molar-refractivity contribution >= 4 is 29.3 Å². The highest BCUT2D eigenvalue weighted by Crippen LogP contribution is 2.25. The minimum absolute atomic E-state index is 0.0641. The van der Waals surface area contributed by atoms with Crippen LogP contribution in [-0.4, -0.2) is 65.8 Å². The molecule has 2 saturated heterocycles. The fourth-order valence-electron chi connectivity index (χ4n) is 3.22. The van der Waals surface area contributed by atoms with Crippen LogP contribution in [0.2, 0.25) is 5.02 Å². The molecule has 1 amide bonds. The zero-order chi connectivity index (χ0) is 17.1. The molecule has 0 bridgehead atoms. The summed E-state index contributed by atoms with van der Waals surface area (Å²) in [4.78, 5) is 31.9. The molecule has 0 aliphatic carbocycles. The number of anilines is 1. The second-order valence-corrected chi connectivity index (χ2v) is 6.49. The van der Waals surface area contributed by atoms with E-state index in [1.807, 2.05) is 6.07 Å². The second-order valence-electron chi connectivity index (χ2n) is 6.06. The topological polar surface area (TPSA) is 83.0 Å². The number of morpholine rings is 1. The number of piperidine rings is 1. The molecule has 130 valence electrons. The zero-order valence-corrected chi connectivity index (χ0v) is 14.0. The first-order valence-corrected chi connectivity index (χ1v) is 8.41. The number of ether oxygens (including phenoxy) is 1. The third-order valence-electron chi connectivity index (χ3n) is 4.58. The van der Waals surface area contributed by atoms with Gasteiger partial charge in [0.05, 0.1) is 18.2 Å². The number of halogens is 1. The summed E-state index contributed by atoms with van der Waals surface area (Å²) in [6.45, 7) is 2.23. The molecule has 7 nitrogen and oxygen atoms in total. The lowest BCUT2D eigenvalue weighted by atomic mass is 9.94. The van der Waals surface area contributed by atoms with Gasteiger partial charge in [-0.2, -0.15) is 0 Å². The number of nitrogens with zero attached hydrogens (tertiary/aromatic N) is 3. The van der Waals surface area contributed by atoms with Crippen molar-refractivity contribution in [2.45, 2.75) is 18.9 Å². The molecule has 2 fully saturated rings. The summed E-state index contributed by atoms with van der Waals surface area (Å²) in [5, 5.41) is 9.86. The van der Waals surface area contributed by atoms with E-state index >= 15 is 0 Å². The lowest BCUT2D eigenvalue weighted by molar-refractivity contribution is -0.160. The average molecular weight is 354 g/mol. The molecule has 0 unspecified atom stereocenters. The van der Waals surface area contributed by atoms with Crippen LogP contribution in [0.15, 0.2) is 18.3 Å². The van der Waals surface area contributed by atoms with Crippen molar-refractivity contribution in [3.05, 3.63) is 23.4 Å². The maximum Gasteiger partial charge on any atom is 0.328 e. The predicted octanol–water partition coefficient (Wildman–Crippen LogP) is 1.26. The molecule has 1 atom stereocenters. The fourth-order valence-corrected chi connectivity index (χ4v) is 3.33. The van der Waals surface area contributed by atoms with E-state index in [9.17, 15) is 14.7 Å². The normalized spacial score (nSPS) is 22.5. The van der Waals surface area contributed by atoms with E-state index in [1.54, 1.807) is 12.3 Å². The van der Waals surface area contributed by atoms with E-state index in [0.29, 0.717) is 44.1 Å². The maximum atomic E-state index is 12.7. The van der Waals surface area contributed by atoms with Gasteiger partial charge in [0, 0.05) is 31.7 Å². The number of carboxylic acids is 1. The molecule has 1 aromatic rings. The van der Waals surface area contributed by atoms with Gasteiger partial charge in [-0.15, -0.1) is 0 Å². The van der Waals surface area contributed by atoms with E-state index < -0.39 is 12.0 Å². The Morgan fingerprint density at radius 3 is 2.62 bits per heavy atom. The Kier molecular flexibility index (Phi) is 5.20. The first-order valence-electron chi connectivity index (χ1n) is 8.04. The Morgan fingerprint density at radius 2 is 2.00 bits per heavy atom. The van der Waals surface area contributed by atoms with Crippen LogP contribution in [-0.2, 0) is 14.3 Å². The summed E-state index contributed by atoms with van der Waals surface area (Å²) in [7, 11) is 0. The van der Waals surface area contributed by atoms with Gasteiger partial charge in [-0.1, -0.05) is 11.6 Å². The second kappa shape index (κ2) is 7.36. The highest BCUT2D eigenvalue weighted by atomic mass is 35.5. The molecule has 24 heavy (non-hydrogen) atoms.